The van der Waals surface area contributed by atoms with Crippen molar-refractivity contribution in [2.75, 3.05) is 13.1 Å². The van der Waals surface area contributed by atoms with Gasteiger partial charge in [-0.2, -0.15) is 5.10 Å². The molecule has 104 valence electrons. The van der Waals surface area contributed by atoms with Gasteiger partial charge < -0.3 is 10.4 Å². The predicted molar refractivity (Wildman–Crippen MR) is 75.1 cm³/mol. The minimum atomic E-state index is -0.759. The van der Waals surface area contributed by atoms with E-state index in [2.05, 4.69) is 17.3 Å². The number of rotatable bonds is 7. The van der Waals surface area contributed by atoms with Gasteiger partial charge in [-0.3, -0.25) is 4.68 Å². The third kappa shape index (κ3) is 3.97. The minimum Gasteiger partial charge on any atom is -0.390 e. The first-order valence-electron chi connectivity index (χ1n) is 6.54. The first-order chi connectivity index (χ1) is 8.41. The smallest absolute Gasteiger partial charge is 0.0850 e. The molecular formula is C13H24ClN3O. The molecule has 0 aliphatic heterocycles. The van der Waals surface area contributed by atoms with Crippen molar-refractivity contribution in [3.8, 4) is 0 Å². The molecule has 0 bridgehead atoms. The van der Waals surface area contributed by atoms with Crippen LogP contribution in [0, 0.1) is 0 Å². The van der Waals surface area contributed by atoms with Crippen molar-refractivity contribution in [2.45, 2.75) is 45.6 Å². The standard InChI is InChI=1S/C13H24ClN3O/c1-5-10-12(14)11(17(4)16-10)9-13(3,18)7-8-15-6-2/h15,18H,5-9H2,1-4H3. The van der Waals surface area contributed by atoms with Gasteiger partial charge in [0.25, 0.3) is 0 Å². The molecule has 0 aliphatic rings. The largest absolute Gasteiger partial charge is 0.390 e. The fraction of sp³-hybridized carbons (Fsp3) is 0.769. The molecule has 0 saturated heterocycles. The molecule has 0 radical (unpaired) electrons. The Balaban J connectivity index is 2.74. The fourth-order valence-electron chi connectivity index (χ4n) is 2.00. The summed E-state index contributed by atoms with van der Waals surface area (Å²) in [7, 11) is 1.88. The van der Waals surface area contributed by atoms with E-state index < -0.39 is 5.60 Å². The highest BCUT2D eigenvalue weighted by molar-refractivity contribution is 6.31. The first kappa shape index (κ1) is 15.5. The molecule has 0 saturated carbocycles. The zero-order valence-electron chi connectivity index (χ0n) is 11.8. The van der Waals surface area contributed by atoms with Crippen molar-refractivity contribution in [1.29, 1.82) is 0 Å². The number of halogens is 1. The third-order valence-electron chi connectivity index (χ3n) is 3.14. The number of hydrogen-bond donors (Lipinski definition) is 2. The fourth-order valence-corrected chi connectivity index (χ4v) is 2.36. The molecule has 4 nitrogen and oxygen atoms in total. The van der Waals surface area contributed by atoms with Gasteiger partial charge in [0.15, 0.2) is 0 Å². The summed E-state index contributed by atoms with van der Waals surface area (Å²) in [6, 6.07) is 0. The normalized spacial score (nSPS) is 14.8. The summed E-state index contributed by atoms with van der Waals surface area (Å²) in [6.07, 6.45) is 2.04. The Morgan fingerprint density at radius 2 is 2.11 bits per heavy atom. The van der Waals surface area contributed by atoms with Crippen LogP contribution in [-0.2, 0) is 19.9 Å². The Morgan fingerprint density at radius 1 is 1.44 bits per heavy atom. The molecule has 0 aliphatic carbocycles. The van der Waals surface area contributed by atoms with E-state index in [1.165, 1.54) is 0 Å². The van der Waals surface area contributed by atoms with Crippen LogP contribution in [0.4, 0.5) is 0 Å². The first-order valence-corrected chi connectivity index (χ1v) is 6.92. The van der Waals surface area contributed by atoms with Crippen molar-refractivity contribution in [2.24, 2.45) is 7.05 Å². The average Bonchev–Trinajstić information content (AvgIpc) is 2.56. The molecule has 18 heavy (non-hydrogen) atoms. The van der Waals surface area contributed by atoms with E-state index in [4.69, 9.17) is 11.6 Å². The molecule has 5 heteroatoms. The lowest BCUT2D eigenvalue weighted by molar-refractivity contribution is 0.0498. The second kappa shape index (κ2) is 6.55. The van der Waals surface area contributed by atoms with Gasteiger partial charge in [0.05, 0.1) is 22.0 Å². The number of aromatic nitrogens is 2. The Labute approximate surface area is 114 Å². The molecule has 1 aromatic heterocycles. The lowest BCUT2D eigenvalue weighted by atomic mass is 9.96. The van der Waals surface area contributed by atoms with E-state index >= 15 is 0 Å². The highest BCUT2D eigenvalue weighted by atomic mass is 35.5. The number of nitrogens with one attached hydrogen (secondary N) is 1. The summed E-state index contributed by atoms with van der Waals surface area (Å²) >= 11 is 6.29. The van der Waals surface area contributed by atoms with Crippen LogP contribution in [0.15, 0.2) is 0 Å². The van der Waals surface area contributed by atoms with Crippen LogP contribution in [0.5, 0.6) is 0 Å². The van der Waals surface area contributed by atoms with Crippen molar-refractivity contribution in [1.82, 2.24) is 15.1 Å². The van der Waals surface area contributed by atoms with Crippen molar-refractivity contribution in [3.63, 3.8) is 0 Å². The zero-order chi connectivity index (χ0) is 13.8. The van der Waals surface area contributed by atoms with Crippen molar-refractivity contribution < 1.29 is 5.11 Å². The quantitative estimate of drug-likeness (QED) is 0.747. The Morgan fingerprint density at radius 3 is 2.61 bits per heavy atom. The molecule has 0 spiro atoms. The summed E-state index contributed by atoms with van der Waals surface area (Å²) in [5, 5.41) is 18.7. The van der Waals surface area contributed by atoms with E-state index in [0.29, 0.717) is 17.9 Å². The van der Waals surface area contributed by atoms with Gasteiger partial charge >= 0.3 is 0 Å². The van der Waals surface area contributed by atoms with Crippen LogP contribution >= 0.6 is 11.6 Å². The van der Waals surface area contributed by atoms with Crippen LogP contribution in [0.1, 0.15) is 38.6 Å². The molecule has 1 heterocycles. The molecule has 2 N–H and O–H groups in total. The van der Waals surface area contributed by atoms with Crippen LogP contribution in [-0.4, -0.2) is 33.6 Å². The summed E-state index contributed by atoms with van der Waals surface area (Å²) in [5.74, 6) is 0. The van der Waals surface area contributed by atoms with E-state index in [9.17, 15) is 5.11 Å². The molecule has 0 aromatic carbocycles. The van der Waals surface area contributed by atoms with E-state index in [1.54, 1.807) is 4.68 Å². The summed E-state index contributed by atoms with van der Waals surface area (Å²) < 4.78 is 1.78. The second-order valence-corrected chi connectivity index (χ2v) is 5.34. The highest BCUT2D eigenvalue weighted by Gasteiger charge is 2.25. The summed E-state index contributed by atoms with van der Waals surface area (Å²) in [4.78, 5) is 0. The van der Waals surface area contributed by atoms with Crippen molar-refractivity contribution in [3.05, 3.63) is 16.4 Å². The van der Waals surface area contributed by atoms with Crippen molar-refractivity contribution >= 4 is 11.6 Å². The molecule has 1 aromatic rings. The summed E-state index contributed by atoms with van der Waals surface area (Å²) in [6.45, 7) is 7.66. The SMILES string of the molecule is CCNCCC(C)(O)Cc1c(Cl)c(CC)nn1C. The maximum Gasteiger partial charge on any atom is 0.0850 e. The molecule has 1 rings (SSSR count). The van der Waals surface area contributed by atoms with Gasteiger partial charge in [-0.1, -0.05) is 25.4 Å². The number of nitrogens with zero attached hydrogens (tertiary/aromatic N) is 2. The molecule has 1 unspecified atom stereocenters. The average molecular weight is 274 g/mol. The van der Waals surface area contributed by atoms with Crippen LogP contribution in [0.25, 0.3) is 0 Å². The number of hydrogen-bond acceptors (Lipinski definition) is 3. The van der Waals surface area contributed by atoms with Crippen LogP contribution in [0.2, 0.25) is 5.02 Å². The van der Waals surface area contributed by atoms with E-state index in [1.807, 2.05) is 20.9 Å². The number of aliphatic hydroxyl groups is 1. The monoisotopic (exact) mass is 273 g/mol. The maximum absolute atomic E-state index is 10.4. The van der Waals surface area contributed by atoms with Gasteiger partial charge in [0, 0.05) is 13.5 Å². The Bertz CT molecular complexity index is 388. The molecule has 0 amide bonds. The van der Waals surface area contributed by atoms with Gasteiger partial charge in [-0.05, 0) is 32.9 Å². The minimum absolute atomic E-state index is 0.528. The zero-order valence-corrected chi connectivity index (χ0v) is 12.5. The van der Waals surface area contributed by atoms with Gasteiger partial charge in [-0.15, -0.1) is 0 Å². The van der Waals surface area contributed by atoms with E-state index in [-0.39, 0.29) is 0 Å². The topological polar surface area (TPSA) is 50.1 Å². The van der Waals surface area contributed by atoms with Gasteiger partial charge in [0.1, 0.15) is 0 Å². The van der Waals surface area contributed by atoms with Gasteiger partial charge in [0.2, 0.25) is 0 Å². The Kier molecular flexibility index (Phi) is 5.63. The molecular weight excluding hydrogens is 250 g/mol. The van der Waals surface area contributed by atoms with Crippen LogP contribution < -0.4 is 5.32 Å². The van der Waals surface area contributed by atoms with E-state index in [0.717, 1.165) is 30.9 Å². The van der Waals surface area contributed by atoms with Gasteiger partial charge in [-0.25, -0.2) is 0 Å². The predicted octanol–water partition coefficient (Wildman–Crippen LogP) is 1.93. The Hall–Kier alpha value is -0.580. The lowest BCUT2D eigenvalue weighted by Gasteiger charge is -2.23. The number of aryl methyl sites for hydroxylation is 2. The second-order valence-electron chi connectivity index (χ2n) is 4.96. The molecule has 1 atom stereocenters. The summed E-state index contributed by atoms with van der Waals surface area (Å²) in [5.41, 5.74) is 1.05. The third-order valence-corrected chi connectivity index (χ3v) is 3.58. The highest BCUT2D eigenvalue weighted by Crippen LogP contribution is 2.25. The lowest BCUT2D eigenvalue weighted by Crippen LogP contribution is -2.33. The molecule has 0 fully saturated rings. The maximum atomic E-state index is 10.4. The van der Waals surface area contributed by atoms with Crippen LogP contribution in [0.3, 0.4) is 0 Å².